The molecule has 0 aromatic carbocycles. The van der Waals surface area contributed by atoms with Crippen molar-refractivity contribution in [2.24, 2.45) is 9.04 Å². The first-order valence-electron chi connectivity index (χ1n) is 7.60. The molecule has 22 heavy (non-hydrogen) atoms. The SMILES string of the molecule is C1CCC(OC2CCCCC2)CC1.[N-]=[N+]=NS(=O)(=O)N=[N+]=[N-]. The third-order valence-corrected chi connectivity index (χ3v) is 4.33. The van der Waals surface area contributed by atoms with Crippen molar-refractivity contribution >= 4 is 10.2 Å². The molecule has 2 aliphatic rings. The summed E-state index contributed by atoms with van der Waals surface area (Å²) in [5, 5.41) is 0. The van der Waals surface area contributed by atoms with Gasteiger partial charge in [0.05, 0.1) is 12.2 Å². The second kappa shape index (κ2) is 10.3. The fourth-order valence-corrected chi connectivity index (χ4v) is 3.00. The van der Waals surface area contributed by atoms with E-state index < -0.39 is 10.2 Å². The standard InChI is InChI=1S/C12H22O.N6O2S/c1-3-7-11(8-4-1)13-12-9-5-2-6-10-12;1-3-5-9(7,8)6-4-2/h11-12H,1-10H2;. The molecule has 0 atom stereocenters. The van der Waals surface area contributed by atoms with Gasteiger partial charge in [-0.25, -0.2) is 8.42 Å². The van der Waals surface area contributed by atoms with Gasteiger partial charge in [0.2, 0.25) is 0 Å². The van der Waals surface area contributed by atoms with Crippen LogP contribution in [0.5, 0.6) is 0 Å². The van der Waals surface area contributed by atoms with Gasteiger partial charge in [-0.1, -0.05) is 38.5 Å². The van der Waals surface area contributed by atoms with Gasteiger partial charge in [-0.15, -0.1) is 0 Å². The first kappa shape index (κ1) is 18.6. The number of azide groups is 1. The minimum Gasteiger partial charge on any atom is -0.375 e. The number of nitrogens with zero attached hydrogens (tertiary/aromatic N) is 6. The number of hydrogen-bond acceptors (Lipinski definition) is 3. The molecule has 0 aliphatic heterocycles. The molecule has 0 bridgehead atoms. The molecular weight excluding hydrogens is 308 g/mol. The van der Waals surface area contributed by atoms with Crippen LogP contribution in [0.2, 0.25) is 0 Å². The zero-order valence-electron chi connectivity index (χ0n) is 12.5. The topological polar surface area (TPSA) is 141 Å². The van der Waals surface area contributed by atoms with Crippen LogP contribution in [0.1, 0.15) is 64.2 Å². The molecule has 2 aliphatic carbocycles. The van der Waals surface area contributed by atoms with Crippen LogP contribution in [0.15, 0.2) is 9.04 Å². The van der Waals surface area contributed by atoms with Gasteiger partial charge >= 0.3 is 10.2 Å². The molecule has 2 rings (SSSR count). The molecule has 124 valence electrons. The van der Waals surface area contributed by atoms with Crippen molar-refractivity contribution in [3.8, 4) is 0 Å². The number of ether oxygens (including phenoxy) is 1. The fraction of sp³-hybridized carbons (Fsp3) is 1.00. The summed E-state index contributed by atoms with van der Waals surface area (Å²) in [7, 11) is -4.27. The summed E-state index contributed by atoms with van der Waals surface area (Å²) >= 11 is 0. The average Bonchev–Trinajstić information content (AvgIpc) is 2.50. The summed E-state index contributed by atoms with van der Waals surface area (Å²) < 4.78 is 30.5. The van der Waals surface area contributed by atoms with E-state index in [0.29, 0.717) is 12.2 Å². The van der Waals surface area contributed by atoms with Crippen LogP contribution < -0.4 is 0 Å². The lowest BCUT2D eigenvalue weighted by Crippen LogP contribution is -2.25. The smallest absolute Gasteiger partial charge is 0.321 e. The lowest BCUT2D eigenvalue weighted by atomic mass is 9.95. The van der Waals surface area contributed by atoms with Gasteiger partial charge < -0.3 is 4.74 Å². The van der Waals surface area contributed by atoms with Crippen LogP contribution in [0.4, 0.5) is 0 Å². The van der Waals surface area contributed by atoms with E-state index in [1.54, 1.807) is 0 Å². The quantitative estimate of drug-likeness (QED) is 0.424. The monoisotopic (exact) mass is 330 g/mol. The van der Waals surface area contributed by atoms with Gasteiger partial charge in [0.1, 0.15) is 0 Å². The van der Waals surface area contributed by atoms with Crippen molar-refractivity contribution in [1.82, 2.24) is 0 Å². The molecule has 0 radical (unpaired) electrons. The molecule has 0 N–H and O–H groups in total. The first-order valence-corrected chi connectivity index (χ1v) is 9.00. The Morgan fingerprint density at radius 2 is 1.14 bits per heavy atom. The van der Waals surface area contributed by atoms with Crippen LogP contribution in [-0.2, 0) is 14.9 Å². The van der Waals surface area contributed by atoms with Crippen molar-refractivity contribution in [1.29, 1.82) is 0 Å². The van der Waals surface area contributed by atoms with Crippen molar-refractivity contribution in [3.05, 3.63) is 20.9 Å². The zero-order chi connectivity index (χ0) is 16.3. The van der Waals surface area contributed by atoms with Gasteiger partial charge in [0.25, 0.3) is 0 Å². The highest BCUT2D eigenvalue weighted by Gasteiger charge is 2.20. The molecule has 0 spiro atoms. The number of rotatable bonds is 4. The van der Waals surface area contributed by atoms with E-state index in [-0.39, 0.29) is 0 Å². The normalized spacial score (nSPS) is 20.0. The van der Waals surface area contributed by atoms with Crippen molar-refractivity contribution in [3.63, 3.8) is 0 Å². The molecule has 2 fully saturated rings. The van der Waals surface area contributed by atoms with E-state index in [4.69, 9.17) is 15.8 Å². The highest BCUT2D eigenvalue weighted by atomic mass is 32.2. The maximum Gasteiger partial charge on any atom is 0.321 e. The molecule has 2 saturated carbocycles. The maximum atomic E-state index is 9.99. The summed E-state index contributed by atoms with van der Waals surface area (Å²) in [5.41, 5.74) is 15.0. The second-order valence-electron chi connectivity index (χ2n) is 5.45. The Morgan fingerprint density at radius 3 is 1.45 bits per heavy atom. The summed E-state index contributed by atoms with van der Waals surface area (Å²) in [6.07, 6.45) is 15.0. The average molecular weight is 330 g/mol. The zero-order valence-corrected chi connectivity index (χ0v) is 13.4. The van der Waals surface area contributed by atoms with Gasteiger partial charge in [-0.3, -0.25) is 0 Å². The Labute approximate surface area is 130 Å². The maximum absolute atomic E-state index is 9.99. The molecule has 0 heterocycles. The predicted molar refractivity (Wildman–Crippen MR) is 82.0 cm³/mol. The Balaban J connectivity index is 0.000000239. The molecule has 0 aromatic heterocycles. The highest BCUT2D eigenvalue weighted by Crippen LogP contribution is 2.26. The lowest BCUT2D eigenvalue weighted by Gasteiger charge is -2.29. The van der Waals surface area contributed by atoms with E-state index in [1.165, 1.54) is 64.2 Å². The minimum absolute atomic E-state index is 0.622. The van der Waals surface area contributed by atoms with E-state index in [9.17, 15) is 8.42 Å². The summed E-state index contributed by atoms with van der Waals surface area (Å²) in [6, 6.07) is 0. The summed E-state index contributed by atoms with van der Waals surface area (Å²) in [4.78, 5) is 3.80. The van der Waals surface area contributed by atoms with Gasteiger partial charge in [0, 0.05) is 18.9 Å². The third kappa shape index (κ3) is 8.09. The Kier molecular flexibility index (Phi) is 8.69. The van der Waals surface area contributed by atoms with E-state index >= 15 is 0 Å². The van der Waals surface area contributed by atoms with Crippen molar-refractivity contribution in [2.45, 2.75) is 76.4 Å². The van der Waals surface area contributed by atoms with Crippen molar-refractivity contribution < 1.29 is 13.2 Å². The van der Waals surface area contributed by atoms with Gasteiger partial charge in [0.15, 0.2) is 0 Å². The van der Waals surface area contributed by atoms with E-state index in [1.807, 2.05) is 9.82 Å². The van der Waals surface area contributed by atoms with Gasteiger partial charge in [-0.2, -0.15) is 0 Å². The summed E-state index contributed by atoms with van der Waals surface area (Å²) in [6.45, 7) is 0. The largest absolute Gasteiger partial charge is 0.375 e. The molecule has 0 saturated heterocycles. The molecule has 0 aromatic rings. The molecule has 0 unspecified atom stereocenters. The second-order valence-corrected chi connectivity index (χ2v) is 6.67. The molecule has 9 nitrogen and oxygen atoms in total. The van der Waals surface area contributed by atoms with Gasteiger partial charge in [-0.05, 0) is 36.7 Å². The van der Waals surface area contributed by atoms with Crippen molar-refractivity contribution in [2.75, 3.05) is 0 Å². The van der Waals surface area contributed by atoms with Crippen LogP contribution in [0, 0.1) is 0 Å². The molecule has 0 amide bonds. The third-order valence-electron chi connectivity index (χ3n) is 3.77. The lowest BCUT2D eigenvalue weighted by molar-refractivity contribution is -0.0450. The summed E-state index contributed by atoms with van der Waals surface area (Å²) in [5.74, 6) is 0. The fourth-order valence-electron chi connectivity index (χ4n) is 2.78. The predicted octanol–water partition coefficient (Wildman–Crippen LogP) is 4.52. The molecular formula is C12H22N6O3S. The number of hydrogen-bond donors (Lipinski definition) is 0. The highest BCUT2D eigenvalue weighted by molar-refractivity contribution is 7.88. The molecule has 10 heteroatoms. The first-order chi connectivity index (χ1) is 10.6. The van der Waals surface area contributed by atoms with E-state index in [2.05, 4.69) is 9.04 Å². The van der Waals surface area contributed by atoms with Crippen LogP contribution in [-0.4, -0.2) is 20.6 Å². The van der Waals surface area contributed by atoms with Crippen LogP contribution in [0.25, 0.3) is 20.9 Å². The van der Waals surface area contributed by atoms with Crippen LogP contribution in [0.3, 0.4) is 0 Å². The Bertz CT molecular complexity index is 473. The minimum atomic E-state index is -4.27. The Hall–Kier alpha value is -1.47. The van der Waals surface area contributed by atoms with E-state index in [0.717, 1.165) is 0 Å². The Morgan fingerprint density at radius 1 is 0.773 bits per heavy atom. The van der Waals surface area contributed by atoms with Crippen LogP contribution >= 0.6 is 0 Å².